The fourth-order valence-electron chi connectivity index (χ4n) is 6.14. The van der Waals surface area contributed by atoms with E-state index in [0.29, 0.717) is 6.54 Å². The molecule has 2 heterocycles. The highest BCUT2D eigenvalue weighted by atomic mass is 15.2. The highest BCUT2D eigenvalue weighted by Gasteiger charge is 2.52. The molecule has 164 valence electrons. The zero-order valence-corrected chi connectivity index (χ0v) is 18.8. The van der Waals surface area contributed by atoms with Gasteiger partial charge >= 0.3 is 0 Å². The first-order valence-electron chi connectivity index (χ1n) is 11.9. The predicted molar refractivity (Wildman–Crippen MR) is 139 cm³/mol. The van der Waals surface area contributed by atoms with Crippen molar-refractivity contribution in [2.75, 3.05) is 11.4 Å². The number of para-hydroxylation sites is 3. The molecule has 0 atom stereocenters. The summed E-state index contributed by atoms with van der Waals surface area (Å²) in [4.78, 5) is 2.40. The highest BCUT2D eigenvalue weighted by molar-refractivity contribution is 5.96. The lowest BCUT2D eigenvalue weighted by Gasteiger charge is -2.45. The number of nitrogens with one attached hydrogen (secondary N) is 1. The maximum Gasteiger partial charge on any atom is 0.0769 e. The van der Waals surface area contributed by atoms with Crippen LogP contribution < -0.4 is 16.0 Å². The third-order valence-electron chi connectivity index (χ3n) is 7.46. The van der Waals surface area contributed by atoms with Crippen LogP contribution in [0, 0.1) is 0 Å². The van der Waals surface area contributed by atoms with Gasteiger partial charge in [0, 0.05) is 30.0 Å². The van der Waals surface area contributed by atoms with Crippen LogP contribution in [-0.2, 0) is 12.0 Å². The van der Waals surface area contributed by atoms with E-state index in [0.717, 1.165) is 17.8 Å². The highest BCUT2D eigenvalue weighted by Crippen LogP contribution is 2.62. The van der Waals surface area contributed by atoms with E-state index in [1.807, 2.05) is 0 Å². The molecule has 0 bridgehead atoms. The summed E-state index contributed by atoms with van der Waals surface area (Å²) in [5, 5.41) is 3.70. The monoisotopic (exact) mass is 439 g/mol. The van der Waals surface area contributed by atoms with E-state index in [4.69, 9.17) is 5.73 Å². The molecule has 0 amide bonds. The molecule has 4 aromatic carbocycles. The molecule has 3 aliphatic rings. The van der Waals surface area contributed by atoms with Crippen molar-refractivity contribution in [1.29, 1.82) is 0 Å². The smallest absolute Gasteiger partial charge is 0.0769 e. The van der Waals surface area contributed by atoms with Gasteiger partial charge in [-0.2, -0.15) is 0 Å². The summed E-state index contributed by atoms with van der Waals surface area (Å²) in [6, 6.07) is 35.2. The van der Waals surface area contributed by atoms with Crippen LogP contribution in [-0.4, -0.2) is 6.54 Å². The van der Waals surface area contributed by atoms with Crippen LogP contribution in [0.2, 0.25) is 0 Å². The first-order valence-corrected chi connectivity index (χ1v) is 11.9. The SMILES string of the molecule is NCc1ccc2c(c1)C1(C3=C2NCC=C3)c2ccccc2N(c2ccccc2)c2ccccc21. The Balaban J connectivity index is 1.64. The number of allylic oxidation sites excluding steroid dienone is 2. The molecule has 0 saturated heterocycles. The summed E-state index contributed by atoms with van der Waals surface area (Å²) in [6.07, 6.45) is 4.57. The number of hydrogen-bond acceptors (Lipinski definition) is 3. The molecule has 0 unspecified atom stereocenters. The number of nitrogens with zero attached hydrogens (tertiary/aromatic N) is 1. The van der Waals surface area contributed by atoms with Gasteiger partial charge in [-0.05, 0) is 52.1 Å². The van der Waals surface area contributed by atoms with Crippen LogP contribution in [0.5, 0.6) is 0 Å². The molecular weight excluding hydrogens is 414 g/mol. The second-order valence-electron chi connectivity index (χ2n) is 9.11. The standard InChI is InChI=1S/C31H25N3/c32-20-21-16-17-23-27(19-21)31(26-13-8-18-33-30(23)26)24-11-4-6-14-28(24)34(22-9-2-1-3-10-22)29-15-7-5-12-25(29)31/h1-17,19,33H,18,20,32H2. The van der Waals surface area contributed by atoms with E-state index in [2.05, 4.69) is 119 Å². The molecule has 4 aromatic rings. The third-order valence-corrected chi connectivity index (χ3v) is 7.46. The summed E-state index contributed by atoms with van der Waals surface area (Å²) < 4.78 is 0. The summed E-state index contributed by atoms with van der Waals surface area (Å²) in [7, 11) is 0. The molecule has 1 spiro atoms. The minimum absolute atomic E-state index is 0.405. The van der Waals surface area contributed by atoms with E-state index in [9.17, 15) is 0 Å². The average Bonchev–Trinajstić information content (AvgIpc) is 3.20. The van der Waals surface area contributed by atoms with Gasteiger partial charge in [-0.1, -0.05) is 84.9 Å². The number of hydrogen-bond donors (Lipinski definition) is 2. The van der Waals surface area contributed by atoms with Gasteiger partial charge in [0.2, 0.25) is 0 Å². The zero-order valence-electron chi connectivity index (χ0n) is 18.8. The van der Waals surface area contributed by atoms with Gasteiger partial charge in [-0.25, -0.2) is 0 Å². The number of fused-ring (bicyclic) bond motifs is 8. The van der Waals surface area contributed by atoms with E-state index >= 15 is 0 Å². The second kappa shape index (κ2) is 7.21. The van der Waals surface area contributed by atoms with Gasteiger partial charge in [0.25, 0.3) is 0 Å². The molecule has 2 aliphatic heterocycles. The van der Waals surface area contributed by atoms with Gasteiger partial charge in [-0.15, -0.1) is 0 Å². The molecule has 0 saturated carbocycles. The summed E-state index contributed by atoms with van der Waals surface area (Å²) >= 11 is 0. The minimum Gasteiger partial charge on any atom is -0.381 e. The van der Waals surface area contributed by atoms with Crippen LogP contribution in [0.3, 0.4) is 0 Å². The molecule has 3 heteroatoms. The molecule has 0 aromatic heterocycles. The predicted octanol–water partition coefficient (Wildman–Crippen LogP) is 6.15. The summed E-state index contributed by atoms with van der Waals surface area (Å²) in [6.45, 7) is 1.36. The third kappa shape index (κ3) is 2.39. The number of dihydropyridines is 1. The van der Waals surface area contributed by atoms with E-state index in [1.165, 1.54) is 44.9 Å². The molecule has 34 heavy (non-hydrogen) atoms. The van der Waals surface area contributed by atoms with Gasteiger partial charge in [-0.3, -0.25) is 0 Å². The van der Waals surface area contributed by atoms with Crippen molar-refractivity contribution >= 4 is 22.8 Å². The van der Waals surface area contributed by atoms with Crippen LogP contribution in [0.25, 0.3) is 5.70 Å². The fourth-order valence-corrected chi connectivity index (χ4v) is 6.14. The molecule has 1 aliphatic carbocycles. The number of nitrogens with two attached hydrogens (primary N) is 1. The normalized spacial score (nSPS) is 16.6. The van der Waals surface area contributed by atoms with Gasteiger partial charge in [0.15, 0.2) is 0 Å². The number of benzene rings is 4. The van der Waals surface area contributed by atoms with Gasteiger partial charge in [0.1, 0.15) is 0 Å². The maximum absolute atomic E-state index is 6.14. The Morgan fingerprint density at radius 1 is 0.765 bits per heavy atom. The van der Waals surface area contributed by atoms with Crippen LogP contribution >= 0.6 is 0 Å². The first-order chi connectivity index (χ1) is 16.8. The van der Waals surface area contributed by atoms with Gasteiger partial charge < -0.3 is 16.0 Å². The number of rotatable bonds is 2. The molecule has 3 nitrogen and oxygen atoms in total. The van der Waals surface area contributed by atoms with Crippen LogP contribution in [0.1, 0.15) is 27.8 Å². The second-order valence-corrected chi connectivity index (χ2v) is 9.11. The van der Waals surface area contributed by atoms with Crippen LogP contribution in [0.15, 0.2) is 115 Å². The topological polar surface area (TPSA) is 41.3 Å². The lowest BCUT2D eigenvalue weighted by Crippen LogP contribution is -2.37. The van der Waals surface area contributed by atoms with Crippen molar-refractivity contribution in [1.82, 2.24) is 5.32 Å². The Bertz CT molecular complexity index is 1450. The molecular formula is C31H25N3. The average molecular weight is 440 g/mol. The summed E-state index contributed by atoms with van der Waals surface area (Å²) in [5.41, 5.74) is 18.2. The maximum atomic E-state index is 6.14. The Labute approximate surface area is 199 Å². The van der Waals surface area contributed by atoms with E-state index in [1.54, 1.807) is 0 Å². The van der Waals surface area contributed by atoms with E-state index in [-0.39, 0.29) is 0 Å². The quantitative estimate of drug-likeness (QED) is 0.394. The fraction of sp³-hybridized carbons (Fsp3) is 0.0968. The lowest BCUT2D eigenvalue weighted by molar-refractivity contribution is 0.739. The van der Waals surface area contributed by atoms with Crippen molar-refractivity contribution in [2.45, 2.75) is 12.0 Å². The minimum atomic E-state index is -0.405. The van der Waals surface area contributed by atoms with Crippen molar-refractivity contribution in [2.24, 2.45) is 5.73 Å². The molecule has 7 rings (SSSR count). The van der Waals surface area contributed by atoms with Crippen molar-refractivity contribution < 1.29 is 0 Å². The van der Waals surface area contributed by atoms with Crippen LogP contribution in [0.4, 0.5) is 17.1 Å². The lowest BCUT2D eigenvalue weighted by atomic mass is 9.63. The Kier molecular flexibility index (Phi) is 4.11. The van der Waals surface area contributed by atoms with E-state index < -0.39 is 5.41 Å². The Morgan fingerprint density at radius 3 is 2.15 bits per heavy atom. The molecule has 0 radical (unpaired) electrons. The summed E-state index contributed by atoms with van der Waals surface area (Å²) in [5.74, 6) is 0. The largest absolute Gasteiger partial charge is 0.381 e. The Hall–Kier alpha value is -4.08. The van der Waals surface area contributed by atoms with Crippen molar-refractivity contribution in [3.8, 4) is 0 Å². The molecule has 0 fully saturated rings. The van der Waals surface area contributed by atoms with Crippen molar-refractivity contribution in [3.63, 3.8) is 0 Å². The number of anilines is 3. The van der Waals surface area contributed by atoms with Gasteiger partial charge in [0.05, 0.1) is 16.8 Å². The first kappa shape index (κ1) is 19.4. The molecule has 3 N–H and O–H groups in total. The zero-order chi connectivity index (χ0) is 22.7. The van der Waals surface area contributed by atoms with Crippen molar-refractivity contribution in [3.05, 3.63) is 143 Å². The Morgan fingerprint density at radius 2 is 1.44 bits per heavy atom.